The first-order valence-corrected chi connectivity index (χ1v) is 5.07. The highest BCUT2D eigenvalue weighted by molar-refractivity contribution is 8.00. The van der Waals surface area contributed by atoms with E-state index in [2.05, 4.69) is 26.0 Å². The van der Waals surface area contributed by atoms with E-state index in [1.165, 1.54) is 4.90 Å². The van der Waals surface area contributed by atoms with Crippen LogP contribution in [-0.4, -0.2) is 5.44 Å². The molecule has 1 nitrogen and oxygen atoms in total. The van der Waals surface area contributed by atoms with Crippen LogP contribution in [0, 0.1) is 5.92 Å². The van der Waals surface area contributed by atoms with Crippen molar-refractivity contribution in [3.8, 4) is 5.75 Å². The number of hydrogen-bond acceptors (Lipinski definition) is 2. The minimum Gasteiger partial charge on any atom is -0.478 e. The zero-order valence-electron chi connectivity index (χ0n) is 7.28. The summed E-state index contributed by atoms with van der Waals surface area (Å²) in [4.78, 5) is 1.27. The van der Waals surface area contributed by atoms with Gasteiger partial charge in [0.05, 0.1) is 4.90 Å². The summed E-state index contributed by atoms with van der Waals surface area (Å²) in [6, 6.07) is 8.22. The lowest BCUT2D eigenvalue weighted by molar-refractivity contribution is 0.243. The average Bonchev–Trinajstić information content (AvgIpc) is 2.46. The molecule has 0 amide bonds. The minimum absolute atomic E-state index is 0.308. The molecule has 0 aliphatic carbocycles. The fourth-order valence-electron chi connectivity index (χ4n) is 1.19. The first-order valence-electron chi connectivity index (χ1n) is 4.20. The van der Waals surface area contributed by atoms with E-state index >= 15 is 0 Å². The third kappa shape index (κ3) is 1.31. The second-order valence-electron chi connectivity index (χ2n) is 3.29. The summed E-state index contributed by atoms with van der Waals surface area (Å²) < 4.78 is 5.73. The van der Waals surface area contributed by atoms with Crippen molar-refractivity contribution < 1.29 is 4.74 Å². The molecule has 2 rings (SSSR count). The quantitative estimate of drug-likeness (QED) is 0.656. The topological polar surface area (TPSA) is 9.23 Å². The summed E-state index contributed by atoms with van der Waals surface area (Å²) >= 11 is 1.82. The van der Waals surface area contributed by atoms with Crippen molar-refractivity contribution in [2.75, 3.05) is 0 Å². The van der Waals surface area contributed by atoms with Gasteiger partial charge in [-0.25, -0.2) is 0 Å². The molecule has 1 aromatic rings. The molecule has 1 atom stereocenters. The molecule has 64 valence electrons. The Kier molecular flexibility index (Phi) is 2.01. The van der Waals surface area contributed by atoms with Gasteiger partial charge in [0, 0.05) is 5.92 Å². The molecule has 1 aliphatic heterocycles. The van der Waals surface area contributed by atoms with E-state index in [1.54, 1.807) is 0 Å². The lowest BCUT2D eigenvalue weighted by atomic mass is 10.2. The van der Waals surface area contributed by atoms with Crippen LogP contribution >= 0.6 is 11.8 Å². The van der Waals surface area contributed by atoms with E-state index in [0.717, 1.165) is 5.75 Å². The maximum Gasteiger partial charge on any atom is 0.151 e. The van der Waals surface area contributed by atoms with Gasteiger partial charge >= 0.3 is 0 Å². The van der Waals surface area contributed by atoms with Crippen molar-refractivity contribution in [1.82, 2.24) is 0 Å². The number of fused-ring (bicyclic) bond motifs is 1. The molecule has 0 saturated heterocycles. The summed E-state index contributed by atoms with van der Waals surface area (Å²) in [7, 11) is 0. The molecule has 0 bridgehead atoms. The SMILES string of the molecule is CC(C)C1Oc2ccccc2S1. The van der Waals surface area contributed by atoms with Gasteiger partial charge in [0.1, 0.15) is 5.75 Å². The van der Waals surface area contributed by atoms with Crippen LogP contribution in [0.4, 0.5) is 0 Å². The molecule has 2 heteroatoms. The van der Waals surface area contributed by atoms with Gasteiger partial charge in [0.15, 0.2) is 5.44 Å². The van der Waals surface area contributed by atoms with Gasteiger partial charge in [-0.2, -0.15) is 0 Å². The number of ether oxygens (including phenoxy) is 1. The van der Waals surface area contributed by atoms with E-state index in [9.17, 15) is 0 Å². The van der Waals surface area contributed by atoms with E-state index in [4.69, 9.17) is 4.74 Å². The Bertz CT molecular complexity index is 258. The van der Waals surface area contributed by atoms with Crippen LogP contribution in [0.1, 0.15) is 13.8 Å². The van der Waals surface area contributed by atoms with Crippen molar-refractivity contribution in [1.29, 1.82) is 0 Å². The molecule has 1 heterocycles. The fraction of sp³-hybridized carbons (Fsp3) is 0.400. The van der Waals surface area contributed by atoms with Crippen molar-refractivity contribution in [3.63, 3.8) is 0 Å². The third-order valence-corrected chi connectivity index (χ3v) is 3.34. The summed E-state index contributed by atoms with van der Waals surface area (Å²) in [5.74, 6) is 1.61. The molecular weight excluding hydrogens is 168 g/mol. The van der Waals surface area contributed by atoms with Gasteiger partial charge in [-0.15, -0.1) is 0 Å². The number of para-hydroxylation sites is 1. The standard InChI is InChI=1S/C10H12OS/c1-7(2)10-11-8-5-3-4-6-9(8)12-10/h3-7,10H,1-2H3. The third-order valence-electron chi connectivity index (χ3n) is 1.88. The summed E-state index contributed by atoms with van der Waals surface area (Å²) in [6.45, 7) is 4.37. The van der Waals surface area contributed by atoms with Gasteiger partial charge < -0.3 is 4.74 Å². The maximum atomic E-state index is 5.73. The van der Waals surface area contributed by atoms with Crippen LogP contribution < -0.4 is 4.74 Å². The fourth-order valence-corrected chi connectivity index (χ4v) is 2.26. The predicted molar refractivity (Wildman–Crippen MR) is 51.6 cm³/mol. The second-order valence-corrected chi connectivity index (χ2v) is 4.43. The summed E-state index contributed by atoms with van der Waals surface area (Å²) in [5.41, 5.74) is 0.308. The Hall–Kier alpha value is -0.630. The molecule has 0 aromatic heterocycles. The highest BCUT2D eigenvalue weighted by atomic mass is 32.2. The van der Waals surface area contributed by atoms with E-state index in [0.29, 0.717) is 11.4 Å². The molecule has 0 saturated carbocycles. The predicted octanol–water partition coefficient (Wildman–Crippen LogP) is 3.15. The van der Waals surface area contributed by atoms with Crippen molar-refractivity contribution >= 4 is 11.8 Å². The monoisotopic (exact) mass is 180 g/mol. The van der Waals surface area contributed by atoms with Crippen LogP contribution in [-0.2, 0) is 0 Å². The van der Waals surface area contributed by atoms with Crippen LogP contribution in [0.15, 0.2) is 29.2 Å². The van der Waals surface area contributed by atoms with E-state index in [1.807, 2.05) is 23.9 Å². The van der Waals surface area contributed by atoms with Gasteiger partial charge in [-0.05, 0) is 12.1 Å². The highest BCUT2D eigenvalue weighted by Crippen LogP contribution is 2.42. The van der Waals surface area contributed by atoms with Crippen LogP contribution in [0.2, 0.25) is 0 Å². The van der Waals surface area contributed by atoms with Gasteiger partial charge in [0.2, 0.25) is 0 Å². The van der Waals surface area contributed by atoms with Crippen molar-refractivity contribution in [2.24, 2.45) is 5.92 Å². The Morgan fingerprint density at radius 3 is 2.75 bits per heavy atom. The molecule has 0 spiro atoms. The molecule has 0 N–H and O–H groups in total. The molecular formula is C10H12OS. The zero-order valence-corrected chi connectivity index (χ0v) is 8.10. The molecule has 0 fully saturated rings. The molecule has 0 radical (unpaired) electrons. The van der Waals surface area contributed by atoms with Gasteiger partial charge in [-0.3, -0.25) is 0 Å². The average molecular weight is 180 g/mol. The van der Waals surface area contributed by atoms with E-state index < -0.39 is 0 Å². The Balaban J connectivity index is 2.22. The first kappa shape index (κ1) is 7.99. The highest BCUT2D eigenvalue weighted by Gasteiger charge is 2.25. The van der Waals surface area contributed by atoms with Crippen molar-refractivity contribution in [3.05, 3.63) is 24.3 Å². The van der Waals surface area contributed by atoms with Crippen LogP contribution in [0.3, 0.4) is 0 Å². The van der Waals surface area contributed by atoms with Crippen LogP contribution in [0.5, 0.6) is 5.75 Å². The lowest BCUT2D eigenvalue weighted by Gasteiger charge is -2.12. The second kappa shape index (κ2) is 3.02. The lowest BCUT2D eigenvalue weighted by Crippen LogP contribution is -2.14. The smallest absolute Gasteiger partial charge is 0.151 e. The first-order chi connectivity index (χ1) is 5.77. The Morgan fingerprint density at radius 2 is 2.08 bits per heavy atom. The Labute approximate surface area is 77.1 Å². The summed E-state index contributed by atoms with van der Waals surface area (Å²) in [5, 5.41) is 0. The number of hydrogen-bond donors (Lipinski definition) is 0. The number of thioether (sulfide) groups is 1. The van der Waals surface area contributed by atoms with E-state index in [-0.39, 0.29) is 0 Å². The van der Waals surface area contributed by atoms with Gasteiger partial charge in [0.25, 0.3) is 0 Å². The van der Waals surface area contributed by atoms with Crippen molar-refractivity contribution in [2.45, 2.75) is 24.2 Å². The summed E-state index contributed by atoms with van der Waals surface area (Å²) in [6.07, 6.45) is 0. The van der Waals surface area contributed by atoms with Gasteiger partial charge in [-0.1, -0.05) is 37.7 Å². The molecule has 1 aromatic carbocycles. The minimum atomic E-state index is 0.308. The van der Waals surface area contributed by atoms with Crippen LogP contribution in [0.25, 0.3) is 0 Å². The Morgan fingerprint density at radius 1 is 1.33 bits per heavy atom. The number of rotatable bonds is 1. The number of benzene rings is 1. The molecule has 1 aliphatic rings. The largest absolute Gasteiger partial charge is 0.478 e. The maximum absolute atomic E-state index is 5.73. The molecule has 12 heavy (non-hydrogen) atoms. The zero-order chi connectivity index (χ0) is 8.55. The molecule has 1 unspecified atom stereocenters. The normalized spacial score (nSPS) is 20.8.